The second-order valence-electron chi connectivity index (χ2n) is 6.47. The molecule has 1 aromatic carbocycles. The molecule has 1 unspecified atom stereocenters. The van der Waals surface area contributed by atoms with Gasteiger partial charge in [-0.3, -0.25) is 4.79 Å². The molecule has 0 spiro atoms. The lowest BCUT2D eigenvalue weighted by Gasteiger charge is -2.25. The highest BCUT2D eigenvalue weighted by Crippen LogP contribution is 2.17. The quantitative estimate of drug-likeness (QED) is 0.777. The maximum Gasteiger partial charge on any atom is 0.255 e. The number of rotatable bonds is 7. The van der Waals surface area contributed by atoms with Gasteiger partial charge in [-0.05, 0) is 38.0 Å². The summed E-state index contributed by atoms with van der Waals surface area (Å²) in [5.74, 6) is 0.869. The second kappa shape index (κ2) is 8.21. The Bertz CT molecular complexity index is 690. The van der Waals surface area contributed by atoms with Gasteiger partial charge in [0.15, 0.2) is 0 Å². The number of ether oxygens (including phenoxy) is 2. The molecule has 0 N–H and O–H groups in total. The van der Waals surface area contributed by atoms with Crippen LogP contribution in [-0.2, 0) is 11.8 Å². The predicted octanol–water partition coefficient (Wildman–Crippen LogP) is 3.03. The van der Waals surface area contributed by atoms with Crippen molar-refractivity contribution in [1.29, 1.82) is 0 Å². The normalized spacial score (nSPS) is 16.8. The van der Waals surface area contributed by atoms with Crippen LogP contribution in [0.15, 0.2) is 42.6 Å². The van der Waals surface area contributed by atoms with Crippen molar-refractivity contribution in [3.8, 4) is 5.75 Å². The van der Waals surface area contributed by atoms with Gasteiger partial charge in [0.25, 0.3) is 5.91 Å². The Hall–Kier alpha value is -2.27. The summed E-state index contributed by atoms with van der Waals surface area (Å²) >= 11 is 0. The molecule has 0 radical (unpaired) electrons. The average Bonchev–Trinajstić information content (AvgIpc) is 3.25. The van der Waals surface area contributed by atoms with Crippen LogP contribution < -0.4 is 4.74 Å². The summed E-state index contributed by atoms with van der Waals surface area (Å²) in [6.45, 7) is 4.39. The molecule has 1 aromatic heterocycles. The number of benzene rings is 1. The first-order chi connectivity index (χ1) is 12.1. The highest BCUT2D eigenvalue weighted by atomic mass is 16.5. The lowest BCUT2D eigenvalue weighted by Crippen LogP contribution is -2.40. The van der Waals surface area contributed by atoms with Crippen molar-refractivity contribution in [2.75, 3.05) is 26.3 Å². The highest BCUT2D eigenvalue weighted by Gasteiger charge is 2.25. The first-order valence-corrected chi connectivity index (χ1v) is 8.86. The van der Waals surface area contributed by atoms with Gasteiger partial charge in [-0.1, -0.05) is 18.2 Å². The van der Waals surface area contributed by atoms with E-state index in [1.807, 2.05) is 66.0 Å². The molecule has 134 valence electrons. The van der Waals surface area contributed by atoms with Gasteiger partial charge in [-0.15, -0.1) is 0 Å². The second-order valence-corrected chi connectivity index (χ2v) is 6.47. The van der Waals surface area contributed by atoms with Crippen LogP contribution in [0.2, 0.25) is 0 Å². The molecule has 3 rings (SSSR count). The summed E-state index contributed by atoms with van der Waals surface area (Å²) in [5.41, 5.74) is 1.73. The van der Waals surface area contributed by atoms with Crippen molar-refractivity contribution in [2.45, 2.75) is 25.9 Å². The molecule has 2 aromatic rings. The third-order valence-corrected chi connectivity index (χ3v) is 4.72. The van der Waals surface area contributed by atoms with Gasteiger partial charge in [0, 0.05) is 32.1 Å². The van der Waals surface area contributed by atoms with E-state index in [4.69, 9.17) is 9.47 Å². The number of para-hydroxylation sites is 1. The van der Waals surface area contributed by atoms with Crippen LogP contribution in [-0.4, -0.2) is 47.8 Å². The van der Waals surface area contributed by atoms with Gasteiger partial charge in [0.05, 0.1) is 18.2 Å². The highest BCUT2D eigenvalue weighted by molar-refractivity contribution is 5.95. The van der Waals surface area contributed by atoms with Crippen molar-refractivity contribution in [1.82, 2.24) is 9.47 Å². The lowest BCUT2D eigenvalue weighted by molar-refractivity contribution is 0.0493. The first-order valence-electron chi connectivity index (χ1n) is 8.86. The van der Waals surface area contributed by atoms with Crippen LogP contribution in [0, 0.1) is 6.92 Å². The van der Waals surface area contributed by atoms with Gasteiger partial charge < -0.3 is 18.9 Å². The van der Waals surface area contributed by atoms with Crippen molar-refractivity contribution in [2.24, 2.45) is 7.05 Å². The molecule has 5 nitrogen and oxygen atoms in total. The lowest BCUT2D eigenvalue weighted by atomic mass is 10.2. The van der Waals surface area contributed by atoms with Crippen molar-refractivity contribution in [3.05, 3.63) is 53.9 Å². The Morgan fingerprint density at radius 3 is 2.76 bits per heavy atom. The maximum absolute atomic E-state index is 13.0. The third kappa shape index (κ3) is 4.42. The summed E-state index contributed by atoms with van der Waals surface area (Å²) < 4.78 is 13.5. The van der Waals surface area contributed by atoms with E-state index in [9.17, 15) is 4.79 Å². The van der Waals surface area contributed by atoms with E-state index in [0.717, 1.165) is 36.5 Å². The minimum atomic E-state index is 0.0465. The van der Waals surface area contributed by atoms with Gasteiger partial charge in [-0.25, -0.2) is 0 Å². The fraction of sp³-hybridized carbons (Fsp3) is 0.450. The molecule has 0 saturated carbocycles. The topological polar surface area (TPSA) is 43.7 Å². The molecule has 1 atom stereocenters. The maximum atomic E-state index is 13.0. The fourth-order valence-corrected chi connectivity index (χ4v) is 3.11. The van der Waals surface area contributed by atoms with Crippen LogP contribution in [0.25, 0.3) is 0 Å². The van der Waals surface area contributed by atoms with Gasteiger partial charge in [0.1, 0.15) is 12.4 Å². The summed E-state index contributed by atoms with van der Waals surface area (Å²) in [6.07, 6.45) is 4.13. The van der Waals surface area contributed by atoms with E-state index in [0.29, 0.717) is 19.7 Å². The minimum Gasteiger partial charge on any atom is -0.492 e. The van der Waals surface area contributed by atoms with Crippen LogP contribution in [0.4, 0.5) is 0 Å². The van der Waals surface area contributed by atoms with Crippen molar-refractivity contribution in [3.63, 3.8) is 0 Å². The molecule has 1 fully saturated rings. The number of hydrogen-bond acceptors (Lipinski definition) is 3. The number of nitrogens with zero attached hydrogens (tertiary/aromatic N) is 2. The Morgan fingerprint density at radius 2 is 2.12 bits per heavy atom. The molecule has 1 saturated heterocycles. The molecule has 0 aliphatic carbocycles. The number of carbonyl (C=O) groups excluding carboxylic acids is 1. The monoisotopic (exact) mass is 342 g/mol. The average molecular weight is 342 g/mol. The number of aromatic nitrogens is 1. The van der Waals surface area contributed by atoms with Crippen molar-refractivity contribution >= 4 is 5.91 Å². The number of aryl methyl sites for hydroxylation is 1. The number of amides is 1. The van der Waals surface area contributed by atoms with E-state index < -0.39 is 0 Å². The Labute approximate surface area is 149 Å². The summed E-state index contributed by atoms with van der Waals surface area (Å²) in [6, 6.07) is 11.6. The summed E-state index contributed by atoms with van der Waals surface area (Å²) in [5, 5.41) is 0. The molecule has 5 heteroatoms. The van der Waals surface area contributed by atoms with E-state index in [1.165, 1.54) is 0 Å². The Balaban J connectivity index is 1.65. The molecule has 1 amide bonds. The molecule has 1 aliphatic rings. The third-order valence-electron chi connectivity index (χ3n) is 4.72. The van der Waals surface area contributed by atoms with Gasteiger partial charge >= 0.3 is 0 Å². The largest absolute Gasteiger partial charge is 0.492 e. The fourth-order valence-electron chi connectivity index (χ4n) is 3.11. The van der Waals surface area contributed by atoms with Crippen LogP contribution in [0.1, 0.15) is 28.9 Å². The zero-order valence-electron chi connectivity index (χ0n) is 15.0. The number of hydrogen-bond donors (Lipinski definition) is 0. The van der Waals surface area contributed by atoms with E-state index in [1.54, 1.807) is 0 Å². The molecule has 0 bridgehead atoms. The number of carbonyl (C=O) groups is 1. The smallest absolute Gasteiger partial charge is 0.255 e. The molecule has 25 heavy (non-hydrogen) atoms. The Morgan fingerprint density at radius 1 is 1.32 bits per heavy atom. The van der Waals surface area contributed by atoms with Crippen molar-refractivity contribution < 1.29 is 14.3 Å². The zero-order chi connectivity index (χ0) is 17.6. The Kier molecular flexibility index (Phi) is 5.76. The van der Waals surface area contributed by atoms with Gasteiger partial charge in [0.2, 0.25) is 0 Å². The zero-order valence-corrected chi connectivity index (χ0v) is 15.0. The SMILES string of the molecule is Cc1c(C(=O)N(CCOc2ccccc2)CC2CCCO2)ccn1C. The van der Waals surface area contributed by atoms with Gasteiger partial charge in [-0.2, -0.15) is 0 Å². The van der Waals surface area contributed by atoms with E-state index >= 15 is 0 Å². The summed E-state index contributed by atoms with van der Waals surface area (Å²) in [7, 11) is 1.95. The summed E-state index contributed by atoms with van der Waals surface area (Å²) in [4.78, 5) is 14.9. The van der Waals surface area contributed by atoms with Crippen LogP contribution >= 0.6 is 0 Å². The molecule has 2 heterocycles. The van der Waals surface area contributed by atoms with E-state index in [2.05, 4.69) is 0 Å². The predicted molar refractivity (Wildman–Crippen MR) is 97.0 cm³/mol. The van der Waals surface area contributed by atoms with E-state index in [-0.39, 0.29) is 12.0 Å². The minimum absolute atomic E-state index is 0.0465. The molecular weight excluding hydrogens is 316 g/mol. The molecule has 1 aliphatic heterocycles. The standard InChI is InChI=1S/C20H26N2O3/c1-16-19(10-11-21(16)2)20(23)22(15-18-9-6-13-24-18)12-14-25-17-7-4-3-5-8-17/h3-5,7-8,10-11,18H,6,9,12-15H2,1-2H3. The van der Waals surface area contributed by atoms with Crippen LogP contribution in [0.3, 0.4) is 0 Å². The molecular formula is C20H26N2O3. The van der Waals surface area contributed by atoms with Crippen LogP contribution in [0.5, 0.6) is 5.75 Å². The first kappa shape index (κ1) is 17.5.